The Morgan fingerprint density at radius 1 is 0.760 bits per heavy atom. The number of carbonyl (C=O) groups is 1. The zero-order chi connectivity index (χ0) is 18.6. The van der Waals surface area contributed by atoms with Crippen LogP contribution in [0, 0.1) is 13.8 Å². The monoisotopic (exact) mass is 346 g/mol. The fourth-order valence-corrected chi connectivity index (χ4v) is 2.50. The summed E-state index contributed by atoms with van der Waals surface area (Å²) in [6.45, 7) is 3.66. The Balaban J connectivity index is 2.60. The van der Waals surface area contributed by atoms with E-state index in [1.165, 1.54) is 7.11 Å². The lowest BCUT2D eigenvalue weighted by molar-refractivity contribution is 0.0597. The summed E-state index contributed by atoms with van der Waals surface area (Å²) >= 11 is 0. The second-order valence-electron chi connectivity index (χ2n) is 5.39. The van der Waals surface area contributed by atoms with Crippen molar-refractivity contribution in [3.63, 3.8) is 0 Å². The van der Waals surface area contributed by atoms with Crippen molar-refractivity contribution in [3.05, 3.63) is 41.0 Å². The molecule has 0 N–H and O–H groups in total. The molecule has 134 valence electrons. The van der Waals surface area contributed by atoms with E-state index in [1.807, 2.05) is 13.0 Å². The second kappa shape index (κ2) is 7.79. The zero-order valence-corrected chi connectivity index (χ0v) is 15.3. The van der Waals surface area contributed by atoms with Crippen LogP contribution in [-0.2, 0) is 4.74 Å². The van der Waals surface area contributed by atoms with Gasteiger partial charge in [-0.25, -0.2) is 4.79 Å². The molecule has 6 heteroatoms. The van der Waals surface area contributed by atoms with Crippen LogP contribution in [0.15, 0.2) is 24.3 Å². The van der Waals surface area contributed by atoms with Crippen LogP contribution >= 0.6 is 0 Å². The Morgan fingerprint density at radius 2 is 1.32 bits per heavy atom. The number of carbonyl (C=O) groups excluding carboxylic acids is 1. The molecule has 0 saturated heterocycles. The van der Waals surface area contributed by atoms with E-state index in [1.54, 1.807) is 46.5 Å². The molecule has 0 aromatic heterocycles. The summed E-state index contributed by atoms with van der Waals surface area (Å²) in [5.74, 6) is 2.05. The van der Waals surface area contributed by atoms with Crippen molar-refractivity contribution >= 4 is 5.97 Å². The number of esters is 1. The van der Waals surface area contributed by atoms with Gasteiger partial charge in [0.05, 0.1) is 28.4 Å². The van der Waals surface area contributed by atoms with Crippen LogP contribution in [0.1, 0.15) is 21.5 Å². The van der Waals surface area contributed by atoms with E-state index in [2.05, 4.69) is 0 Å². The first-order valence-corrected chi connectivity index (χ1v) is 7.62. The van der Waals surface area contributed by atoms with Gasteiger partial charge in [0.15, 0.2) is 11.5 Å². The maximum absolute atomic E-state index is 12.2. The predicted molar refractivity (Wildman–Crippen MR) is 93.4 cm³/mol. The molecule has 0 unspecified atom stereocenters. The molecule has 0 bridgehead atoms. The maximum Gasteiger partial charge on any atom is 0.341 e. The quantitative estimate of drug-likeness (QED) is 0.739. The Bertz CT molecular complexity index is 782. The average Bonchev–Trinajstić information content (AvgIpc) is 2.61. The number of hydrogen-bond acceptors (Lipinski definition) is 6. The van der Waals surface area contributed by atoms with Gasteiger partial charge in [-0.2, -0.15) is 0 Å². The molecular formula is C19H22O6. The Labute approximate surface area is 147 Å². The van der Waals surface area contributed by atoms with Gasteiger partial charge in [-0.1, -0.05) is 0 Å². The summed E-state index contributed by atoms with van der Waals surface area (Å²) in [4.78, 5) is 12.2. The molecule has 0 saturated carbocycles. The molecule has 0 aliphatic rings. The van der Waals surface area contributed by atoms with Crippen molar-refractivity contribution in [1.29, 1.82) is 0 Å². The summed E-state index contributed by atoms with van der Waals surface area (Å²) in [7, 11) is 6.00. The first-order valence-electron chi connectivity index (χ1n) is 7.62. The third-order valence-electron chi connectivity index (χ3n) is 3.78. The standard InChI is InChI=1S/C19H22O6/c1-11-7-13(21-3)9-15(17(11)19(20)24-6)25-18-12(2)8-14(22-4)10-16(18)23-5/h7-10H,1-6H3. The zero-order valence-electron chi connectivity index (χ0n) is 15.3. The van der Waals surface area contributed by atoms with E-state index in [9.17, 15) is 4.79 Å². The van der Waals surface area contributed by atoms with Crippen molar-refractivity contribution in [2.45, 2.75) is 13.8 Å². The van der Waals surface area contributed by atoms with E-state index >= 15 is 0 Å². The molecule has 0 fully saturated rings. The molecule has 0 aliphatic heterocycles. The molecule has 25 heavy (non-hydrogen) atoms. The van der Waals surface area contributed by atoms with Crippen LogP contribution in [0.4, 0.5) is 0 Å². The summed E-state index contributed by atoms with van der Waals surface area (Å²) in [6.07, 6.45) is 0. The third-order valence-corrected chi connectivity index (χ3v) is 3.78. The summed E-state index contributed by atoms with van der Waals surface area (Å²) < 4.78 is 26.9. The van der Waals surface area contributed by atoms with Gasteiger partial charge in [0.25, 0.3) is 0 Å². The smallest absolute Gasteiger partial charge is 0.341 e. The highest BCUT2D eigenvalue weighted by molar-refractivity contribution is 5.94. The maximum atomic E-state index is 12.2. The van der Waals surface area contributed by atoms with Crippen LogP contribution in [0.5, 0.6) is 28.7 Å². The number of ether oxygens (including phenoxy) is 5. The van der Waals surface area contributed by atoms with Crippen LogP contribution in [0.3, 0.4) is 0 Å². The van der Waals surface area contributed by atoms with E-state index < -0.39 is 5.97 Å². The van der Waals surface area contributed by atoms with E-state index in [4.69, 9.17) is 23.7 Å². The normalized spacial score (nSPS) is 10.2. The average molecular weight is 346 g/mol. The highest BCUT2D eigenvalue weighted by Crippen LogP contribution is 2.40. The largest absolute Gasteiger partial charge is 0.497 e. The first kappa shape index (κ1) is 18.4. The minimum absolute atomic E-state index is 0.329. The third kappa shape index (κ3) is 3.79. The van der Waals surface area contributed by atoms with Gasteiger partial charge in [-0.05, 0) is 37.1 Å². The van der Waals surface area contributed by atoms with Crippen LogP contribution in [0.25, 0.3) is 0 Å². The number of methoxy groups -OCH3 is 4. The number of rotatable bonds is 6. The van der Waals surface area contributed by atoms with Gasteiger partial charge in [0.2, 0.25) is 0 Å². The van der Waals surface area contributed by atoms with Crippen molar-refractivity contribution in [3.8, 4) is 28.7 Å². The number of aryl methyl sites for hydroxylation is 2. The van der Waals surface area contributed by atoms with Crippen LogP contribution < -0.4 is 18.9 Å². The van der Waals surface area contributed by atoms with Gasteiger partial charge in [-0.3, -0.25) is 0 Å². The molecule has 2 aromatic rings. The molecule has 0 aliphatic carbocycles. The van der Waals surface area contributed by atoms with Crippen molar-refractivity contribution in [2.24, 2.45) is 0 Å². The van der Waals surface area contributed by atoms with Crippen molar-refractivity contribution < 1.29 is 28.5 Å². The second-order valence-corrected chi connectivity index (χ2v) is 5.39. The van der Waals surface area contributed by atoms with E-state index in [0.29, 0.717) is 39.9 Å². The fourth-order valence-electron chi connectivity index (χ4n) is 2.50. The number of benzene rings is 2. The SMILES string of the molecule is COC(=O)c1c(C)cc(OC)cc1Oc1c(C)cc(OC)cc1OC. The highest BCUT2D eigenvalue weighted by Gasteiger charge is 2.21. The minimum Gasteiger partial charge on any atom is -0.497 e. The lowest BCUT2D eigenvalue weighted by atomic mass is 10.1. The Hall–Kier alpha value is -2.89. The van der Waals surface area contributed by atoms with E-state index in [0.717, 1.165) is 5.56 Å². The summed E-state index contributed by atoms with van der Waals surface area (Å²) in [5, 5.41) is 0. The summed E-state index contributed by atoms with van der Waals surface area (Å²) in [6, 6.07) is 6.93. The van der Waals surface area contributed by atoms with E-state index in [-0.39, 0.29) is 0 Å². The lowest BCUT2D eigenvalue weighted by Gasteiger charge is -2.18. The van der Waals surface area contributed by atoms with Gasteiger partial charge in [-0.15, -0.1) is 0 Å². The van der Waals surface area contributed by atoms with Crippen LogP contribution in [0.2, 0.25) is 0 Å². The van der Waals surface area contributed by atoms with Crippen molar-refractivity contribution in [2.75, 3.05) is 28.4 Å². The minimum atomic E-state index is -0.486. The Morgan fingerprint density at radius 3 is 1.84 bits per heavy atom. The fraction of sp³-hybridized carbons (Fsp3) is 0.316. The molecule has 2 rings (SSSR count). The van der Waals surface area contributed by atoms with Crippen molar-refractivity contribution in [1.82, 2.24) is 0 Å². The van der Waals surface area contributed by atoms with Gasteiger partial charge < -0.3 is 23.7 Å². The predicted octanol–water partition coefficient (Wildman–Crippen LogP) is 3.91. The molecule has 0 atom stereocenters. The number of hydrogen-bond donors (Lipinski definition) is 0. The molecule has 0 amide bonds. The molecule has 0 spiro atoms. The highest BCUT2D eigenvalue weighted by atomic mass is 16.5. The van der Waals surface area contributed by atoms with Gasteiger partial charge in [0, 0.05) is 12.1 Å². The van der Waals surface area contributed by atoms with Gasteiger partial charge >= 0.3 is 5.97 Å². The van der Waals surface area contributed by atoms with Crippen LogP contribution in [-0.4, -0.2) is 34.4 Å². The molecule has 0 heterocycles. The first-order chi connectivity index (χ1) is 11.9. The molecule has 0 radical (unpaired) electrons. The summed E-state index contributed by atoms with van der Waals surface area (Å²) in [5.41, 5.74) is 1.82. The topological polar surface area (TPSA) is 63.2 Å². The molecular weight excluding hydrogens is 324 g/mol. The van der Waals surface area contributed by atoms with Gasteiger partial charge in [0.1, 0.15) is 22.8 Å². The lowest BCUT2D eigenvalue weighted by Crippen LogP contribution is -2.07. The Kier molecular flexibility index (Phi) is 5.75. The molecule has 6 nitrogen and oxygen atoms in total. The molecule has 2 aromatic carbocycles.